The van der Waals surface area contributed by atoms with Crippen molar-refractivity contribution in [3.8, 4) is 0 Å². The summed E-state index contributed by atoms with van der Waals surface area (Å²) in [6.45, 7) is 7.26. The van der Waals surface area contributed by atoms with E-state index < -0.39 is 0 Å². The molecule has 2 atom stereocenters. The van der Waals surface area contributed by atoms with Crippen LogP contribution in [0.5, 0.6) is 0 Å². The molecule has 4 heterocycles. The molecule has 3 aliphatic rings. The quantitative estimate of drug-likeness (QED) is 0.887. The number of amides is 1. The van der Waals surface area contributed by atoms with Gasteiger partial charge in [0.1, 0.15) is 0 Å². The van der Waals surface area contributed by atoms with E-state index in [1.54, 1.807) is 5.56 Å². The summed E-state index contributed by atoms with van der Waals surface area (Å²) in [6.07, 6.45) is 7.86. The van der Waals surface area contributed by atoms with E-state index in [0.29, 0.717) is 19.0 Å². The highest BCUT2D eigenvalue weighted by Crippen LogP contribution is 2.56. The minimum absolute atomic E-state index is 0.124. The van der Waals surface area contributed by atoms with E-state index in [1.165, 1.54) is 48.2 Å². The maximum absolute atomic E-state index is 12.0. The van der Waals surface area contributed by atoms with E-state index in [2.05, 4.69) is 52.0 Å². The SMILES string of the molecule is CCC(=O)NCC1=C[C@]2(CC)CCCN3CCc4c(n1c1ccccc41)[C@@H]32. The number of fused-ring (bicyclic) bond motifs is 3. The molecule has 4 nitrogen and oxygen atoms in total. The van der Waals surface area contributed by atoms with Crippen molar-refractivity contribution in [3.05, 3.63) is 41.6 Å². The number of nitrogens with one attached hydrogen (secondary N) is 1. The fourth-order valence-corrected chi connectivity index (χ4v) is 5.83. The Labute approximate surface area is 161 Å². The number of hydrogen-bond donors (Lipinski definition) is 1. The van der Waals surface area contributed by atoms with Crippen LogP contribution in [0.25, 0.3) is 16.6 Å². The van der Waals surface area contributed by atoms with E-state index in [1.807, 2.05) is 6.92 Å². The molecule has 1 aromatic heterocycles. The second kappa shape index (κ2) is 6.23. The molecule has 142 valence electrons. The van der Waals surface area contributed by atoms with Gasteiger partial charge in [0, 0.05) is 35.2 Å². The number of aromatic nitrogens is 1. The third kappa shape index (κ3) is 2.35. The van der Waals surface area contributed by atoms with Crippen LogP contribution in [0.1, 0.15) is 56.8 Å². The van der Waals surface area contributed by atoms with Gasteiger partial charge >= 0.3 is 0 Å². The molecule has 0 radical (unpaired) electrons. The summed E-state index contributed by atoms with van der Waals surface area (Å²) in [5.41, 5.74) is 5.81. The molecule has 0 bridgehead atoms. The van der Waals surface area contributed by atoms with Gasteiger partial charge in [0.15, 0.2) is 0 Å². The van der Waals surface area contributed by atoms with Gasteiger partial charge in [-0.3, -0.25) is 9.69 Å². The van der Waals surface area contributed by atoms with Gasteiger partial charge in [-0.25, -0.2) is 0 Å². The second-order valence-corrected chi connectivity index (χ2v) is 8.36. The smallest absolute Gasteiger partial charge is 0.220 e. The van der Waals surface area contributed by atoms with Crippen LogP contribution >= 0.6 is 0 Å². The van der Waals surface area contributed by atoms with E-state index in [0.717, 1.165) is 12.8 Å². The molecule has 1 amide bonds. The van der Waals surface area contributed by atoms with Gasteiger partial charge in [0.05, 0.1) is 18.1 Å². The fraction of sp³-hybridized carbons (Fsp3) is 0.522. The third-order valence-electron chi connectivity index (χ3n) is 7.11. The first-order chi connectivity index (χ1) is 13.2. The molecule has 27 heavy (non-hydrogen) atoms. The summed E-state index contributed by atoms with van der Waals surface area (Å²) in [7, 11) is 0. The zero-order valence-electron chi connectivity index (χ0n) is 16.4. The summed E-state index contributed by atoms with van der Waals surface area (Å²) in [6, 6.07) is 9.31. The minimum atomic E-state index is 0.124. The van der Waals surface area contributed by atoms with Gasteiger partial charge in [0.25, 0.3) is 0 Å². The van der Waals surface area contributed by atoms with Crippen molar-refractivity contribution in [2.24, 2.45) is 5.41 Å². The number of hydrogen-bond acceptors (Lipinski definition) is 2. The Balaban J connectivity index is 1.74. The summed E-state index contributed by atoms with van der Waals surface area (Å²) < 4.78 is 2.48. The first-order valence-electron chi connectivity index (χ1n) is 10.5. The van der Waals surface area contributed by atoms with Gasteiger partial charge < -0.3 is 9.88 Å². The zero-order chi connectivity index (χ0) is 18.6. The van der Waals surface area contributed by atoms with Gasteiger partial charge in [-0.05, 0) is 43.9 Å². The van der Waals surface area contributed by atoms with E-state index in [-0.39, 0.29) is 11.3 Å². The third-order valence-corrected chi connectivity index (χ3v) is 7.11. The number of rotatable bonds is 4. The second-order valence-electron chi connectivity index (χ2n) is 8.36. The number of carbonyl (C=O) groups excluding carboxylic acids is 1. The average Bonchev–Trinajstić information content (AvgIpc) is 3.06. The number of nitrogens with zero attached hydrogens (tertiary/aromatic N) is 2. The summed E-state index contributed by atoms with van der Waals surface area (Å²) in [5, 5.41) is 4.54. The molecule has 0 saturated carbocycles. The molecular weight excluding hydrogens is 334 g/mol. The molecule has 1 fully saturated rings. The Morgan fingerprint density at radius 2 is 2.11 bits per heavy atom. The predicted octanol–water partition coefficient (Wildman–Crippen LogP) is 4.11. The summed E-state index contributed by atoms with van der Waals surface area (Å²) in [5.74, 6) is 0.124. The standard InChI is InChI=1S/C23H29N3O/c1-3-20(27)24-15-16-14-23(4-2)11-7-12-25-13-10-18-17-8-5-6-9-19(17)26(16)21(18)22(23)25/h5-6,8-9,14,22H,3-4,7,10-13,15H2,1-2H3,(H,24,27)/t22-,23+/m1/s1. The lowest BCUT2D eigenvalue weighted by Gasteiger charge is -2.53. The molecule has 5 rings (SSSR count). The van der Waals surface area contributed by atoms with E-state index in [4.69, 9.17) is 0 Å². The first kappa shape index (κ1) is 17.1. The van der Waals surface area contributed by atoms with Gasteiger partial charge in [-0.2, -0.15) is 0 Å². The largest absolute Gasteiger partial charge is 0.351 e. The monoisotopic (exact) mass is 363 g/mol. The van der Waals surface area contributed by atoms with Crippen LogP contribution in [0.3, 0.4) is 0 Å². The van der Waals surface area contributed by atoms with Crippen molar-refractivity contribution in [3.63, 3.8) is 0 Å². The number of carbonyl (C=O) groups is 1. The molecule has 3 aliphatic heterocycles. The van der Waals surface area contributed by atoms with Gasteiger partial charge in [0.2, 0.25) is 5.91 Å². The van der Waals surface area contributed by atoms with Crippen LogP contribution < -0.4 is 5.32 Å². The Kier molecular flexibility index (Phi) is 3.94. The maximum Gasteiger partial charge on any atom is 0.220 e. The lowest BCUT2D eigenvalue weighted by molar-refractivity contribution is -0.120. The molecule has 0 spiro atoms. The molecule has 1 N–H and O–H groups in total. The van der Waals surface area contributed by atoms with Gasteiger partial charge in [-0.1, -0.05) is 38.1 Å². The molecule has 2 aromatic rings. The average molecular weight is 364 g/mol. The first-order valence-corrected chi connectivity index (χ1v) is 10.5. The normalized spacial score (nSPS) is 26.6. The van der Waals surface area contributed by atoms with E-state index >= 15 is 0 Å². The highest BCUT2D eigenvalue weighted by molar-refractivity contribution is 5.90. The van der Waals surface area contributed by atoms with E-state index in [9.17, 15) is 4.79 Å². The molecule has 0 unspecified atom stereocenters. The molecular formula is C23H29N3O. The zero-order valence-corrected chi connectivity index (χ0v) is 16.4. The Hall–Kier alpha value is -2.07. The number of para-hydroxylation sites is 1. The number of piperidine rings is 1. The van der Waals surface area contributed by atoms with Crippen LogP contribution in [0, 0.1) is 5.41 Å². The molecule has 1 aromatic carbocycles. The van der Waals surface area contributed by atoms with Crippen LogP contribution in [-0.2, 0) is 11.2 Å². The Morgan fingerprint density at radius 1 is 1.26 bits per heavy atom. The molecule has 4 heteroatoms. The van der Waals surface area contributed by atoms with Gasteiger partial charge in [-0.15, -0.1) is 0 Å². The van der Waals surface area contributed by atoms with Crippen molar-refractivity contribution in [2.75, 3.05) is 19.6 Å². The topological polar surface area (TPSA) is 37.3 Å². The van der Waals surface area contributed by atoms with Crippen molar-refractivity contribution in [1.82, 2.24) is 14.8 Å². The van der Waals surface area contributed by atoms with Crippen molar-refractivity contribution >= 4 is 22.5 Å². The van der Waals surface area contributed by atoms with Crippen LogP contribution in [0.2, 0.25) is 0 Å². The highest BCUT2D eigenvalue weighted by atomic mass is 16.1. The Bertz CT molecular complexity index is 940. The lowest BCUT2D eigenvalue weighted by atomic mass is 9.66. The fourth-order valence-electron chi connectivity index (χ4n) is 5.83. The molecule has 0 aliphatic carbocycles. The lowest BCUT2D eigenvalue weighted by Crippen LogP contribution is -2.51. The van der Waals surface area contributed by atoms with Crippen molar-refractivity contribution in [2.45, 2.75) is 52.0 Å². The van der Waals surface area contributed by atoms with Crippen LogP contribution in [0.15, 0.2) is 30.3 Å². The summed E-state index contributed by atoms with van der Waals surface area (Å²) >= 11 is 0. The highest BCUT2D eigenvalue weighted by Gasteiger charge is 2.50. The number of benzene rings is 1. The minimum Gasteiger partial charge on any atom is -0.351 e. The van der Waals surface area contributed by atoms with Crippen LogP contribution in [-0.4, -0.2) is 35.0 Å². The predicted molar refractivity (Wildman–Crippen MR) is 109 cm³/mol. The van der Waals surface area contributed by atoms with Crippen LogP contribution in [0.4, 0.5) is 0 Å². The summed E-state index contributed by atoms with van der Waals surface area (Å²) in [4.78, 5) is 14.7. The Morgan fingerprint density at radius 3 is 2.93 bits per heavy atom. The van der Waals surface area contributed by atoms with Crippen molar-refractivity contribution < 1.29 is 4.79 Å². The van der Waals surface area contributed by atoms with Crippen molar-refractivity contribution in [1.29, 1.82) is 0 Å². The molecule has 1 saturated heterocycles. The maximum atomic E-state index is 12.0.